The molecule has 0 heterocycles. The van der Waals surface area contributed by atoms with Gasteiger partial charge in [-0.1, -0.05) is 0 Å². The molecule has 7 heteroatoms. The lowest BCUT2D eigenvalue weighted by Gasteiger charge is -2.20. The Labute approximate surface area is 86.9 Å². The summed E-state index contributed by atoms with van der Waals surface area (Å²) in [4.78, 5) is 21.8. The van der Waals surface area contributed by atoms with E-state index >= 15 is 0 Å². The fourth-order valence-electron chi connectivity index (χ4n) is 0.857. The second-order valence-corrected chi connectivity index (χ2v) is 3.33. The monoisotopic (exact) mass is 220 g/mol. The molecule has 0 radical (unpaired) electrons. The van der Waals surface area contributed by atoms with Gasteiger partial charge in [-0.2, -0.15) is 0 Å². The molecule has 0 fully saturated rings. The molecule has 0 aliphatic carbocycles. The summed E-state index contributed by atoms with van der Waals surface area (Å²) in [5, 5.41) is 28.7. The summed E-state index contributed by atoms with van der Waals surface area (Å²) in [6.45, 7) is 2.54. The van der Waals surface area contributed by atoms with Crippen molar-refractivity contribution in [2.75, 3.05) is 0 Å². The van der Waals surface area contributed by atoms with Crippen LogP contribution in [0.4, 0.5) is 0 Å². The summed E-state index contributed by atoms with van der Waals surface area (Å²) in [6, 6.07) is -2.65. The largest absolute Gasteiger partial charge is 0.480 e. The number of nitrogens with two attached hydrogens (primary N) is 1. The minimum absolute atomic E-state index is 0.821. The van der Waals surface area contributed by atoms with E-state index in [1.807, 2.05) is 5.32 Å². The number of amides is 1. The third-order valence-electron chi connectivity index (χ3n) is 1.87. The Hall–Kier alpha value is -1.18. The van der Waals surface area contributed by atoms with E-state index in [1.165, 1.54) is 13.8 Å². The van der Waals surface area contributed by atoms with E-state index in [0.717, 1.165) is 0 Å². The summed E-state index contributed by atoms with van der Waals surface area (Å²) in [6.07, 6.45) is -2.33. The van der Waals surface area contributed by atoms with Crippen LogP contribution in [0, 0.1) is 0 Å². The lowest BCUT2D eigenvalue weighted by atomic mass is 10.1. The summed E-state index contributed by atoms with van der Waals surface area (Å²) >= 11 is 0. The number of aliphatic hydroxyl groups is 2. The Morgan fingerprint density at radius 1 is 1.20 bits per heavy atom. The SMILES string of the molecule is C[C@H](O)[C@@H](NC(=O)[C@@H](N)[C@@H](C)O)C(=O)O. The van der Waals surface area contributed by atoms with E-state index in [1.54, 1.807) is 0 Å². The van der Waals surface area contributed by atoms with Gasteiger partial charge in [0.25, 0.3) is 0 Å². The average Bonchev–Trinajstić information content (AvgIpc) is 2.11. The fraction of sp³-hybridized carbons (Fsp3) is 0.750. The zero-order valence-electron chi connectivity index (χ0n) is 8.54. The molecule has 7 nitrogen and oxygen atoms in total. The first kappa shape index (κ1) is 13.8. The smallest absolute Gasteiger partial charge is 0.328 e. The summed E-state index contributed by atoms with van der Waals surface area (Å²) < 4.78 is 0. The van der Waals surface area contributed by atoms with Crippen LogP contribution >= 0.6 is 0 Å². The lowest BCUT2D eigenvalue weighted by Crippen LogP contribution is -2.55. The first-order chi connectivity index (χ1) is 6.77. The average molecular weight is 220 g/mol. The Morgan fingerprint density at radius 3 is 1.93 bits per heavy atom. The van der Waals surface area contributed by atoms with E-state index in [2.05, 4.69) is 0 Å². The van der Waals surface area contributed by atoms with Crippen molar-refractivity contribution in [3.05, 3.63) is 0 Å². The van der Waals surface area contributed by atoms with E-state index in [0.29, 0.717) is 0 Å². The number of carboxylic acids is 1. The quantitative estimate of drug-likeness (QED) is 0.352. The van der Waals surface area contributed by atoms with Crippen molar-refractivity contribution in [2.45, 2.75) is 38.1 Å². The second kappa shape index (κ2) is 5.64. The predicted molar refractivity (Wildman–Crippen MR) is 50.9 cm³/mol. The minimum atomic E-state index is -1.43. The highest BCUT2D eigenvalue weighted by atomic mass is 16.4. The van der Waals surface area contributed by atoms with Crippen LogP contribution in [0.25, 0.3) is 0 Å². The predicted octanol–water partition coefficient (Wildman–Crippen LogP) is -2.36. The molecule has 0 rings (SSSR count). The third-order valence-corrected chi connectivity index (χ3v) is 1.87. The fourth-order valence-corrected chi connectivity index (χ4v) is 0.857. The van der Waals surface area contributed by atoms with Crippen molar-refractivity contribution in [1.29, 1.82) is 0 Å². The van der Waals surface area contributed by atoms with Crippen molar-refractivity contribution >= 4 is 11.9 Å². The van der Waals surface area contributed by atoms with Crippen LogP contribution in [0.2, 0.25) is 0 Å². The first-order valence-corrected chi connectivity index (χ1v) is 4.42. The molecule has 88 valence electrons. The molecule has 0 saturated heterocycles. The maximum Gasteiger partial charge on any atom is 0.328 e. The molecule has 0 aromatic carbocycles. The molecule has 1 amide bonds. The molecule has 0 unspecified atom stereocenters. The standard InChI is InChI=1S/C8H16N2O5/c1-3(11)5(9)7(13)10-6(4(2)12)8(14)15/h3-6,11-12H,9H2,1-2H3,(H,10,13)(H,14,15)/t3-,4+,5+,6-/m1/s1. The van der Waals surface area contributed by atoms with E-state index in [9.17, 15) is 9.59 Å². The Bertz CT molecular complexity index is 241. The van der Waals surface area contributed by atoms with E-state index < -0.39 is 36.2 Å². The highest BCUT2D eigenvalue weighted by Crippen LogP contribution is 1.96. The zero-order chi connectivity index (χ0) is 12.2. The van der Waals surface area contributed by atoms with Crippen molar-refractivity contribution in [3.8, 4) is 0 Å². The van der Waals surface area contributed by atoms with Gasteiger partial charge in [-0.15, -0.1) is 0 Å². The van der Waals surface area contributed by atoms with Gasteiger partial charge < -0.3 is 26.4 Å². The first-order valence-electron chi connectivity index (χ1n) is 4.42. The normalized spacial score (nSPS) is 18.7. The van der Waals surface area contributed by atoms with Crippen LogP contribution in [0.3, 0.4) is 0 Å². The van der Waals surface area contributed by atoms with Crippen molar-refractivity contribution in [3.63, 3.8) is 0 Å². The molecule has 0 spiro atoms. The van der Waals surface area contributed by atoms with Gasteiger partial charge in [0.1, 0.15) is 6.04 Å². The van der Waals surface area contributed by atoms with Crippen molar-refractivity contribution in [2.24, 2.45) is 5.73 Å². The number of hydrogen-bond donors (Lipinski definition) is 5. The van der Waals surface area contributed by atoms with E-state index in [4.69, 9.17) is 21.1 Å². The van der Waals surface area contributed by atoms with Gasteiger partial charge in [0.15, 0.2) is 6.04 Å². The Balaban J connectivity index is 4.43. The molecular formula is C8H16N2O5. The summed E-state index contributed by atoms with van der Waals surface area (Å²) in [7, 11) is 0. The van der Waals surface area contributed by atoms with Gasteiger partial charge in [0.2, 0.25) is 5.91 Å². The third kappa shape index (κ3) is 4.24. The molecule has 0 bridgehead atoms. The summed E-state index contributed by atoms with van der Waals surface area (Å²) in [5.74, 6) is -2.19. The number of nitrogens with one attached hydrogen (secondary N) is 1. The number of carbonyl (C=O) groups excluding carboxylic acids is 1. The molecule has 0 aromatic heterocycles. The molecule has 0 aliphatic heterocycles. The van der Waals surface area contributed by atoms with Gasteiger partial charge in [-0.05, 0) is 13.8 Å². The van der Waals surface area contributed by atoms with Crippen LogP contribution in [0.5, 0.6) is 0 Å². The number of hydrogen-bond acceptors (Lipinski definition) is 5. The highest BCUT2D eigenvalue weighted by Gasteiger charge is 2.28. The highest BCUT2D eigenvalue weighted by molar-refractivity contribution is 5.87. The molecule has 0 saturated carbocycles. The lowest BCUT2D eigenvalue weighted by molar-refractivity contribution is -0.145. The molecule has 15 heavy (non-hydrogen) atoms. The van der Waals surface area contributed by atoms with Gasteiger partial charge in [-0.3, -0.25) is 4.79 Å². The molecule has 0 aliphatic rings. The molecular weight excluding hydrogens is 204 g/mol. The van der Waals surface area contributed by atoms with Crippen LogP contribution < -0.4 is 11.1 Å². The second-order valence-electron chi connectivity index (χ2n) is 3.33. The number of aliphatic hydroxyl groups excluding tert-OH is 2. The number of carboxylic acid groups (broad SMARTS) is 1. The molecule has 6 N–H and O–H groups in total. The van der Waals surface area contributed by atoms with Crippen molar-refractivity contribution in [1.82, 2.24) is 5.32 Å². The van der Waals surface area contributed by atoms with Crippen LogP contribution in [-0.4, -0.2) is 51.5 Å². The van der Waals surface area contributed by atoms with Crippen LogP contribution in [-0.2, 0) is 9.59 Å². The van der Waals surface area contributed by atoms with Gasteiger partial charge in [0, 0.05) is 0 Å². The minimum Gasteiger partial charge on any atom is -0.480 e. The maximum absolute atomic E-state index is 11.2. The topological polar surface area (TPSA) is 133 Å². The van der Waals surface area contributed by atoms with Gasteiger partial charge in [0.05, 0.1) is 12.2 Å². The summed E-state index contributed by atoms with van der Waals surface area (Å²) in [5.41, 5.74) is 5.27. The Kier molecular flexibility index (Phi) is 5.20. The molecule has 4 atom stereocenters. The molecule has 0 aromatic rings. The number of rotatable bonds is 5. The van der Waals surface area contributed by atoms with Gasteiger partial charge in [-0.25, -0.2) is 4.79 Å². The van der Waals surface area contributed by atoms with Gasteiger partial charge >= 0.3 is 5.97 Å². The zero-order valence-corrected chi connectivity index (χ0v) is 8.54. The number of aliphatic carboxylic acids is 1. The Morgan fingerprint density at radius 2 is 1.67 bits per heavy atom. The van der Waals surface area contributed by atoms with E-state index in [-0.39, 0.29) is 0 Å². The van der Waals surface area contributed by atoms with Crippen LogP contribution in [0.15, 0.2) is 0 Å². The van der Waals surface area contributed by atoms with Crippen LogP contribution in [0.1, 0.15) is 13.8 Å². The van der Waals surface area contributed by atoms with Crippen molar-refractivity contribution < 1.29 is 24.9 Å². The number of carbonyl (C=O) groups is 2. The maximum atomic E-state index is 11.2.